The molecule has 3 atom stereocenters. The highest BCUT2D eigenvalue weighted by Gasteiger charge is 2.39. The number of aliphatic hydroxyl groups is 1. The topological polar surface area (TPSA) is 48.4 Å². The van der Waals surface area contributed by atoms with E-state index in [-0.39, 0.29) is 6.10 Å². The summed E-state index contributed by atoms with van der Waals surface area (Å²) in [6.45, 7) is 1.81. The molecule has 3 fully saturated rings. The van der Waals surface area contributed by atoms with E-state index in [9.17, 15) is 5.11 Å². The number of nitrogens with zero attached hydrogens (tertiary/aromatic N) is 2. The number of hydrogen-bond acceptors (Lipinski definition) is 4. The maximum absolute atomic E-state index is 9.68. The molecule has 1 aromatic heterocycles. The van der Waals surface area contributed by atoms with Gasteiger partial charge in [-0.05, 0) is 56.1 Å². The summed E-state index contributed by atoms with van der Waals surface area (Å²) < 4.78 is 0. The maximum atomic E-state index is 9.68. The van der Waals surface area contributed by atoms with Gasteiger partial charge in [0.15, 0.2) is 5.82 Å². The second-order valence-corrected chi connectivity index (χ2v) is 7.02. The minimum atomic E-state index is -0.132. The van der Waals surface area contributed by atoms with Crippen molar-refractivity contribution in [1.29, 1.82) is 0 Å². The van der Waals surface area contributed by atoms with Crippen LogP contribution in [0.5, 0.6) is 0 Å². The van der Waals surface area contributed by atoms with E-state index in [1.54, 1.807) is 0 Å². The van der Waals surface area contributed by atoms with Crippen molar-refractivity contribution in [3.8, 4) is 0 Å². The zero-order valence-electron chi connectivity index (χ0n) is 12.5. The lowest BCUT2D eigenvalue weighted by Crippen LogP contribution is -2.37. The highest BCUT2D eigenvalue weighted by atomic mass is 16.3. The number of aliphatic hydroxyl groups excluding tert-OH is 1. The molecule has 3 unspecified atom stereocenters. The highest BCUT2D eigenvalue weighted by molar-refractivity contribution is 5.66. The summed E-state index contributed by atoms with van der Waals surface area (Å²) in [6, 6.07) is 4.83. The Bertz CT molecular complexity index is 499. The van der Waals surface area contributed by atoms with E-state index in [0.717, 1.165) is 43.6 Å². The SMILES string of the molecule is OC1CCN(c2ncccc2NC2CC3CCC2C3)CC1. The Kier molecular flexibility index (Phi) is 3.49. The van der Waals surface area contributed by atoms with Crippen LogP contribution < -0.4 is 10.2 Å². The van der Waals surface area contributed by atoms with Gasteiger partial charge in [0.25, 0.3) is 0 Å². The summed E-state index contributed by atoms with van der Waals surface area (Å²) in [5, 5.41) is 13.5. The van der Waals surface area contributed by atoms with E-state index >= 15 is 0 Å². The number of piperidine rings is 1. The molecule has 0 radical (unpaired) electrons. The number of hydrogen-bond donors (Lipinski definition) is 2. The lowest BCUT2D eigenvalue weighted by atomic mass is 9.95. The second kappa shape index (κ2) is 5.48. The Hall–Kier alpha value is -1.29. The first-order chi connectivity index (χ1) is 10.3. The Morgan fingerprint density at radius 3 is 2.71 bits per heavy atom. The van der Waals surface area contributed by atoms with Crippen LogP contribution in [0.1, 0.15) is 38.5 Å². The third-order valence-electron chi connectivity index (χ3n) is 5.63. The Labute approximate surface area is 126 Å². The molecule has 2 N–H and O–H groups in total. The van der Waals surface area contributed by atoms with Crippen LogP contribution in [-0.2, 0) is 0 Å². The number of rotatable bonds is 3. The van der Waals surface area contributed by atoms with E-state index < -0.39 is 0 Å². The first-order valence-electron chi connectivity index (χ1n) is 8.44. The summed E-state index contributed by atoms with van der Waals surface area (Å²) in [7, 11) is 0. The van der Waals surface area contributed by atoms with Gasteiger partial charge in [0, 0.05) is 25.3 Å². The van der Waals surface area contributed by atoms with Gasteiger partial charge >= 0.3 is 0 Å². The van der Waals surface area contributed by atoms with Crippen molar-refractivity contribution >= 4 is 11.5 Å². The average molecular weight is 287 g/mol. The largest absolute Gasteiger partial charge is 0.393 e. The number of anilines is 2. The molecular formula is C17H25N3O. The number of aromatic nitrogens is 1. The van der Waals surface area contributed by atoms with E-state index in [1.165, 1.54) is 31.4 Å². The fourth-order valence-electron chi connectivity index (χ4n) is 4.46. The fraction of sp³-hybridized carbons (Fsp3) is 0.706. The van der Waals surface area contributed by atoms with Crippen molar-refractivity contribution in [3.05, 3.63) is 18.3 Å². The molecule has 4 nitrogen and oxygen atoms in total. The lowest BCUT2D eigenvalue weighted by molar-refractivity contribution is 0.145. The monoisotopic (exact) mass is 287 g/mol. The molecule has 2 aliphatic carbocycles. The molecule has 4 rings (SSSR count). The van der Waals surface area contributed by atoms with Gasteiger partial charge in [-0.3, -0.25) is 0 Å². The summed E-state index contributed by atoms with van der Waals surface area (Å²) >= 11 is 0. The quantitative estimate of drug-likeness (QED) is 0.897. The average Bonchev–Trinajstić information content (AvgIpc) is 3.11. The van der Waals surface area contributed by atoms with Gasteiger partial charge in [-0.25, -0.2) is 4.98 Å². The molecule has 3 aliphatic rings. The Morgan fingerprint density at radius 2 is 2.00 bits per heavy atom. The van der Waals surface area contributed by atoms with Gasteiger partial charge in [0.1, 0.15) is 0 Å². The van der Waals surface area contributed by atoms with Crippen LogP contribution in [0.15, 0.2) is 18.3 Å². The standard InChI is InChI=1S/C17H25N3O/c21-14-5-8-20(9-6-14)17-15(2-1-7-18-17)19-16-11-12-3-4-13(16)10-12/h1-2,7,12-14,16,19,21H,3-6,8-11H2. The highest BCUT2D eigenvalue weighted by Crippen LogP contribution is 2.46. The van der Waals surface area contributed by atoms with Gasteiger partial charge in [0.05, 0.1) is 11.8 Å². The van der Waals surface area contributed by atoms with Crippen molar-refractivity contribution in [3.63, 3.8) is 0 Å². The predicted octanol–water partition coefficient (Wildman–Crippen LogP) is 2.64. The molecule has 0 spiro atoms. The molecule has 21 heavy (non-hydrogen) atoms. The van der Waals surface area contributed by atoms with Crippen molar-refractivity contribution in [2.75, 3.05) is 23.3 Å². The zero-order chi connectivity index (χ0) is 14.2. The molecule has 2 heterocycles. The predicted molar refractivity (Wildman–Crippen MR) is 84.5 cm³/mol. The van der Waals surface area contributed by atoms with Crippen molar-refractivity contribution in [2.24, 2.45) is 11.8 Å². The molecule has 0 aromatic carbocycles. The van der Waals surface area contributed by atoms with Crippen LogP contribution in [0, 0.1) is 11.8 Å². The second-order valence-electron chi connectivity index (χ2n) is 7.02. The summed E-state index contributed by atoms with van der Waals surface area (Å²) in [5.74, 6) is 2.90. The fourth-order valence-corrected chi connectivity index (χ4v) is 4.46. The molecule has 4 heteroatoms. The third-order valence-corrected chi connectivity index (χ3v) is 5.63. The minimum absolute atomic E-state index is 0.132. The number of pyridine rings is 1. The molecule has 2 saturated carbocycles. The first kappa shape index (κ1) is 13.4. The normalized spacial score (nSPS) is 32.6. The summed E-state index contributed by atoms with van der Waals surface area (Å²) in [5.41, 5.74) is 1.19. The molecular weight excluding hydrogens is 262 g/mol. The van der Waals surface area contributed by atoms with Gasteiger partial charge in [-0.2, -0.15) is 0 Å². The maximum Gasteiger partial charge on any atom is 0.151 e. The Balaban J connectivity index is 1.50. The van der Waals surface area contributed by atoms with Crippen LogP contribution in [0.25, 0.3) is 0 Å². The van der Waals surface area contributed by atoms with Gasteiger partial charge in [-0.1, -0.05) is 6.42 Å². The molecule has 2 bridgehead atoms. The lowest BCUT2D eigenvalue weighted by Gasteiger charge is -2.33. The Morgan fingerprint density at radius 1 is 1.14 bits per heavy atom. The summed E-state index contributed by atoms with van der Waals surface area (Å²) in [6.07, 6.45) is 9.04. The van der Waals surface area contributed by atoms with Crippen LogP contribution in [-0.4, -0.2) is 35.3 Å². The first-order valence-corrected chi connectivity index (χ1v) is 8.44. The van der Waals surface area contributed by atoms with Gasteiger partial charge < -0.3 is 15.3 Å². The van der Waals surface area contributed by atoms with Crippen LogP contribution >= 0.6 is 0 Å². The van der Waals surface area contributed by atoms with Gasteiger partial charge in [-0.15, -0.1) is 0 Å². The van der Waals surface area contributed by atoms with E-state index in [4.69, 9.17) is 0 Å². The molecule has 114 valence electrons. The van der Waals surface area contributed by atoms with Gasteiger partial charge in [0.2, 0.25) is 0 Å². The van der Waals surface area contributed by atoms with E-state index in [2.05, 4.69) is 21.3 Å². The van der Waals surface area contributed by atoms with Crippen molar-refractivity contribution in [1.82, 2.24) is 4.98 Å². The van der Waals surface area contributed by atoms with Crippen LogP contribution in [0.4, 0.5) is 11.5 Å². The number of fused-ring (bicyclic) bond motifs is 2. The van der Waals surface area contributed by atoms with E-state index in [1.807, 2.05) is 12.3 Å². The minimum Gasteiger partial charge on any atom is -0.393 e. The molecule has 1 saturated heterocycles. The molecule has 1 aliphatic heterocycles. The van der Waals surface area contributed by atoms with Crippen molar-refractivity contribution in [2.45, 2.75) is 50.7 Å². The van der Waals surface area contributed by atoms with Crippen LogP contribution in [0.3, 0.4) is 0 Å². The number of nitrogens with one attached hydrogen (secondary N) is 1. The summed E-state index contributed by atoms with van der Waals surface area (Å²) in [4.78, 5) is 6.94. The van der Waals surface area contributed by atoms with E-state index in [0.29, 0.717) is 6.04 Å². The molecule has 0 amide bonds. The molecule has 1 aromatic rings. The third kappa shape index (κ3) is 2.61. The zero-order valence-corrected chi connectivity index (χ0v) is 12.5. The smallest absolute Gasteiger partial charge is 0.151 e. The van der Waals surface area contributed by atoms with Crippen molar-refractivity contribution < 1.29 is 5.11 Å². The van der Waals surface area contributed by atoms with Crippen LogP contribution in [0.2, 0.25) is 0 Å².